The minimum absolute atomic E-state index is 0.0939. The highest BCUT2D eigenvalue weighted by atomic mass is 16.5. The van der Waals surface area contributed by atoms with Crippen molar-refractivity contribution < 1.29 is 14.6 Å². The van der Waals surface area contributed by atoms with E-state index in [0.717, 1.165) is 32.1 Å². The van der Waals surface area contributed by atoms with Gasteiger partial charge in [0.2, 0.25) is 0 Å². The molecule has 0 unspecified atom stereocenters. The van der Waals surface area contributed by atoms with Gasteiger partial charge in [-0.05, 0) is 51.4 Å². The van der Waals surface area contributed by atoms with Crippen molar-refractivity contribution >= 4 is 5.97 Å². The van der Waals surface area contributed by atoms with Gasteiger partial charge in [0.25, 0.3) is 0 Å². The summed E-state index contributed by atoms with van der Waals surface area (Å²) in [6, 6.07) is 0. The number of carbonyl (C=O) groups is 1. The lowest BCUT2D eigenvalue weighted by molar-refractivity contribution is -0.143. The maximum atomic E-state index is 11.4. The summed E-state index contributed by atoms with van der Waals surface area (Å²) >= 11 is 0. The SMILES string of the molecule is CCCCC/C=C\C/C=C\CCCCCCCC(=O)OCCCCO. The fourth-order valence-corrected chi connectivity index (χ4v) is 2.55. The van der Waals surface area contributed by atoms with Crippen molar-refractivity contribution in [2.24, 2.45) is 0 Å². The van der Waals surface area contributed by atoms with Crippen molar-refractivity contribution in [2.75, 3.05) is 13.2 Å². The molecule has 0 aromatic heterocycles. The lowest BCUT2D eigenvalue weighted by Gasteiger charge is -2.04. The van der Waals surface area contributed by atoms with Crippen LogP contribution < -0.4 is 0 Å². The lowest BCUT2D eigenvalue weighted by atomic mass is 10.1. The van der Waals surface area contributed by atoms with E-state index in [9.17, 15) is 4.79 Å². The molecule has 0 aromatic rings. The maximum Gasteiger partial charge on any atom is 0.305 e. The number of aliphatic hydroxyl groups excluding tert-OH is 1. The zero-order valence-electron chi connectivity index (χ0n) is 16.4. The summed E-state index contributed by atoms with van der Waals surface area (Å²) in [4.78, 5) is 11.4. The summed E-state index contributed by atoms with van der Waals surface area (Å²) in [6.45, 7) is 2.85. The summed E-state index contributed by atoms with van der Waals surface area (Å²) in [7, 11) is 0. The molecule has 0 aliphatic rings. The highest BCUT2D eigenvalue weighted by Crippen LogP contribution is 2.09. The number of unbranched alkanes of at least 4 members (excludes halogenated alkanes) is 9. The zero-order valence-corrected chi connectivity index (χ0v) is 16.4. The molecule has 0 bridgehead atoms. The van der Waals surface area contributed by atoms with Crippen LogP contribution in [0.4, 0.5) is 0 Å². The monoisotopic (exact) mass is 352 g/mol. The van der Waals surface area contributed by atoms with Crippen LogP contribution >= 0.6 is 0 Å². The molecule has 0 amide bonds. The highest BCUT2D eigenvalue weighted by molar-refractivity contribution is 5.69. The quantitative estimate of drug-likeness (QED) is 0.184. The molecule has 0 fully saturated rings. The molecular weight excluding hydrogens is 312 g/mol. The van der Waals surface area contributed by atoms with E-state index in [1.807, 2.05) is 0 Å². The second kappa shape index (κ2) is 21.0. The minimum atomic E-state index is -0.0939. The van der Waals surface area contributed by atoms with E-state index in [1.54, 1.807) is 0 Å². The normalized spacial score (nSPS) is 11.6. The van der Waals surface area contributed by atoms with Crippen LogP contribution in [0.25, 0.3) is 0 Å². The van der Waals surface area contributed by atoms with Crippen LogP contribution in [0.3, 0.4) is 0 Å². The van der Waals surface area contributed by atoms with Crippen LogP contribution in [0.5, 0.6) is 0 Å². The molecule has 3 heteroatoms. The first-order valence-corrected chi connectivity index (χ1v) is 10.4. The molecule has 3 nitrogen and oxygen atoms in total. The van der Waals surface area contributed by atoms with E-state index in [0.29, 0.717) is 19.4 Å². The van der Waals surface area contributed by atoms with Gasteiger partial charge in [-0.3, -0.25) is 4.79 Å². The molecule has 0 heterocycles. The van der Waals surface area contributed by atoms with E-state index < -0.39 is 0 Å². The Morgan fingerprint density at radius 3 is 2.12 bits per heavy atom. The standard InChI is InChI=1S/C22H40O3/c1-2-3-4-5-6-7-8-9-10-11-12-13-14-15-16-19-22(24)25-21-18-17-20-23/h6-7,9-10,23H,2-5,8,11-21H2,1H3/b7-6-,10-9-. The van der Waals surface area contributed by atoms with Crippen LogP contribution in [-0.4, -0.2) is 24.3 Å². The van der Waals surface area contributed by atoms with Gasteiger partial charge in [-0.2, -0.15) is 0 Å². The summed E-state index contributed by atoms with van der Waals surface area (Å²) in [5, 5.41) is 8.64. The summed E-state index contributed by atoms with van der Waals surface area (Å²) in [6.07, 6.45) is 24.2. The Bertz CT molecular complexity index is 334. The molecule has 146 valence electrons. The molecule has 0 aliphatic carbocycles. The van der Waals surface area contributed by atoms with Gasteiger partial charge in [-0.25, -0.2) is 0 Å². The van der Waals surface area contributed by atoms with Crippen molar-refractivity contribution in [3.8, 4) is 0 Å². The number of aliphatic hydroxyl groups is 1. The topological polar surface area (TPSA) is 46.5 Å². The van der Waals surface area contributed by atoms with Gasteiger partial charge < -0.3 is 9.84 Å². The molecule has 25 heavy (non-hydrogen) atoms. The Hall–Kier alpha value is -1.09. The second-order valence-electron chi connectivity index (χ2n) is 6.63. The fourth-order valence-electron chi connectivity index (χ4n) is 2.55. The Balaban J connectivity index is 3.25. The molecule has 0 aromatic carbocycles. The first-order valence-electron chi connectivity index (χ1n) is 10.4. The Kier molecular flexibility index (Phi) is 20.0. The molecular formula is C22H40O3. The lowest BCUT2D eigenvalue weighted by Crippen LogP contribution is -2.06. The van der Waals surface area contributed by atoms with E-state index in [2.05, 4.69) is 31.2 Å². The number of esters is 1. The number of rotatable bonds is 18. The third-order valence-electron chi connectivity index (χ3n) is 4.15. The molecule has 1 N–H and O–H groups in total. The zero-order chi connectivity index (χ0) is 18.4. The van der Waals surface area contributed by atoms with Crippen LogP contribution in [0, 0.1) is 0 Å². The predicted octanol–water partition coefficient (Wildman–Crippen LogP) is 6.12. The summed E-state index contributed by atoms with van der Waals surface area (Å²) < 4.78 is 5.10. The van der Waals surface area contributed by atoms with Gasteiger partial charge in [-0.15, -0.1) is 0 Å². The average molecular weight is 353 g/mol. The molecule has 0 spiro atoms. The Morgan fingerprint density at radius 1 is 0.800 bits per heavy atom. The minimum Gasteiger partial charge on any atom is -0.466 e. The van der Waals surface area contributed by atoms with Crippen LogP contribution in [0.2, 0.25) is 0 Å². The molecule has 0 radical (unpaired) electrons. The number of allylic oxidation sites excluding steroid dienone is 4. The fraction of sp³-hybridized carbons (Fsp3) is 0.773. The van der Waals surface area contributed by atoms with Crippen molar-refractivity contribution in [3.05, 3.63) is 24.3 Å². The third-order valence-corrected chi connectivity index (χ3v) is 4.15. The Morgan fingerprint density at radius 2 is 1.44 bits per heavy atom. The first-order chi connectivity index (χ1) is 12.3. The molecule has 0 saturated heterocycles. The van der Waals surface area contributed by atoms with Crippen molar-refractivity contribution in [1.29, 1.82) is 0 Å². The molecule has 0 rings (SSSR count). The van der Waals surface area contributed by atoms with Crippen molar-refractivity contribution in [1.82, 2.24) is 0 Å². The molecule has 0 aliphatic heterocycles. The van der Waals surface area contributed by atoms with Gasteiger partial charge in [0.05, 0.1) is 6.61 Å². The van der Waals surface area contributed by atoms with E-state index in [-0.39, 0.29) is 12.6 Å². The van der Waals surface area contributed by atoms with Gasteiger partial charge >= 0.3 is 5.97 Å². The van der Waals surface area contributed by atoms with Gasteiger partial charge in [0.15, 0.2) is 0 Å². The summed E-state index contributed by atoms with van der Waals surface area (Å²) in [5.41, 5.74) is 0. The smallest absolute Gasteiger partial charge is 0.305 e. The number of carbonyl (C=O) groups excluding carboxylic acids is 1. The number of hydrogen-bond donors (Lipinski definition) is 1. The van der Waals surface area contributed by atoms with Gasteiger partial charge in [0, 0.05) is 13.0 Å². The van der Waals surface area contributed by atoms with E-state index in [1.165, 1.54) is 44.9 Å². The molecule has 0 atom stereocenters. The maximum absolute atomic E-state index is 11.4. The van der Waals surface area contributed by atoms with Crippen LogP contribution in [0.15, 0.2) is 24.3 Å². The van der Waals surface area contributed by atoms with E-state index >= 15 is 0 Å². The van der Waals surface area contributed by atoms with Gasteiger partial charge in [0.1, 0.15) is 0 Å². The summed E-state index contributed by atoms with van der Waals surface area (Å²) in [5.74, 6) is -0.0939. The molecule has 0 saturated carbocycles. The Labute approximate surface area is 155 Å². The van der Waals surface area contributed by atoms with E-state index in [4.69, 9.17) is 9.84 Å². The number of hydrogen-bond acceptors (Lipinski definition) is 3. The predicted molar refractivity (Wildman–Crippen MR) is 107 cm³/mol. The highest BCUT2D eigenvalue weighted by Gasteiger charge is 2.01. The first kappa shape index (κ1) is 23.9. The number of ether oxygens (including phenoxy) is 1. The van der Waals surface area contributed by atoms with Crippen LogP contribution in [0.1, 0.15) is 96.8 Å². The average Bonchev–Trinajstić information content (AvgIpc) is 2.62. The van der Waals surface area contributed by atoms with Crippen molar-refractivity contribution in [3.63, 3.8) is 0 Å². The van der Waals surface area contributed by atoms with Crippen molar-refractivity contribution in [2.45, 2.75) is 96.8 Å². The second-order valence-corrected chi connectivity index (χ2v) is 6.63. The van der Waals surface area contributed by atoms with Crippen LogP contribution in [-0.2, 0) is 9.53 Å². The van der Waals surface area contributed by atoms with Gasteiger partial charge in [-0.1, -0.05) is 63.3 Å². The largest absolute Gasteiger partial charge is 0.466 e. The third kappa shape index (κ3) is 20.9.